The molecule has 0 aromatic heterocycles. The average molecular weight is 534 g/mol. The molecule has 2 rings (SSSR count). The maximum Gasteiger partial charge on any atom is 0.357 e. The predicted molar refractivity (Wildman–Crippen MR) is 116 cm³/mol. The second-order valence-electron chi connectivity index (χ2n) is 5.73. The fraction of sp³-hybridized carbons (Fsp3) is 0.278. The molecule has 9 nitrogen and oxygen atoms in total. The first-order chi connectivity index (χ1) is 13.7. The van der Waals surface area contributed by atoms with Gasteiger partial charge in [-0.05, 0) is 54.6 Å². The van der Waals surface area contributed by atoms with Crippen molar-refractivity contribution >= 4 is 47.5 Å². The molecule has 29 heavy (non-hydrogen) atoms. The lowest BCUT2D eigenvalue weighted by molar-refractivity contribution is -0.384. The number of nitro groups is 1. The maximum atomic E-state index is 13.6. The Balaban J connectivity index is 2.68. The molecule has 0 heterocycles. The van der Waals surface area contributed by atoms with Crippen LogP contribution in [0.1, 0.15) is 35.6 Å². The van der Waals surface area contributed by atoms with Gasteiger partial charge in [-0.2, -0.15) is 0 Å². The van der Waals surface area contributed by atoms with E-state index in [4.69, 9.17) is 9.05 Å². The molecule has 0 saturated heterocycles. The number of rotatable bonds is 10. The maximum absolute atomic E-state index is 13.6. The number of anilines is 1. The molecule has 1 atom stereocenters. The largest absolute Gasteiger partial charge is 0.478 e. The van der Waals surface area contributed by atoms with Gasteiger partial charge < -0.3 is 19.5 Å². The second-order valence-corrected chi connectivity index (χ2v) is 9.09. The quantitative estimate of drug-likeness (QED) is 0.183. The zero-order valence-electron chi connectivity index (χ0n) is 15.7. The van der Waals surface area contributed by atoms with E-state index in [1.54, 1.807) is 26.0 Å². The molecule has 2 aromatic carbocycles. The molecular formula is C18H20IN2O7P. The molecule has 0 aliphatic carbocycles. The van der Waals surface area contributed by atoms with Gasteiger partial charge in [0.25, 0.3) is 5.69 Å². The Morgan fingerprint density at radius 2 is 1.86 bits per heavy atom. The van der Waals surface area contributed by atoms with Gasteiger partial charge in [-0.3, -0.25) is 14.7 Å². The highest BCUT2D eigenvalue weighted by Gasteiger charge is 2.40. The summed E-state index contributed by atoms with van der Waals surface area (Å²) in [4.78, 5) is 22.7. The van der Waals surface area contributed by atoms with Crippen molar-refractivity contribution in [1.82, 2.24) is 0 Å². The number of aromatic carboxylic acids is 1. The Bertz CT molecular complexity index is 944. The lowest BCUT2D eigenvalue weighted by Crippen LogP contribution is -2.19. The summed E-state index contributed by atoms with van der Waals surface area (Å²) in [6, 6.07) is 10.4. The van der Waals surface area contributed by atoms with Gasteiger partial charge in [-0.15, -0.1) is 0 Å². The Hall–Kier alpha value is -2.01. The lowest BCUT2D eigenvalue weighted by atomic mass is 10.1. The van der Waals surface area contributed by atoms with Gasteiger partial charge >= 0.3 is 13.6 Å². The summed E-state index contributed by atoms with van der Waals surface area (Å²) in [7, 11) is -3.94. The lowest BCUT2D eigenvalue weighted by Gasteiger charge is -2.29. The van der Waals surface area contributed by atoms with Crippen molar-refractivity contribution in [2.45, 2.75) is 19.6 Å². The molecule has 0 bridgehead atoms. The van der Waals surface area contributed by atoms with Crippen LogP contribution in [-0.4, -0.2) is 29.2 Å². The third-order valence-electron chi connectivity index (χ3n) is 3.87. The van der Waals surface area contributed by atoms with Crippen molar-refractivity contribution in [1.29, 1.82) is 0 Å². The molecule has 0 spiro atoms. The number of hydrogen-bond acceptors (Lipinski definition) is 7. The number of carbonyl (C=O) groups is 1. The highest BCUT2D eigenvalue weighted by atomic mass is 127. The molecule has 0 aliphatic rings. The summed E-state index contributed by atoms with van der Waals surface area (Å²) >= 11 is 1.94. The molecule has 11 heteroatoms. The molecule has 1 unspecified atom stereocenters. The second kappa shape index (κ2) is 10.1. The third-order valence-corrected chi connectivity index (χ3v) is 6.82. The summed E-state index contributed by atoms with van der Waals surface area (Å²) in [5.41, 5.74) is -0.148. The Labute approximate surface area is 181 Å². The van der Waals surface area contributed by atoms with Crippen molar-refractivity contribution < 1.29 is 28.4 Å². The van der Waals surface area contributed by atoms with E-state index in [1.165, 1.54) is 30.3 Å². The van der Waals surface area contributed by atoms with Crippen LogP contribution in [0.3, 0.4) is 0 Å². The number of nitrogens with zero attached hydrogens (tertiary/aromatic N) is 1. The van der Waals surface area contributed by atoms with Crippen LogP contribution in [0.25, 0.3) is 0 Å². The first-order valence-electron chi connectivity index (χ1n) is 8.65. The van der Waals surface area contributed by atoms with Crippen LogP contribution in [-0.2, 0) is 13.6 Å². The minimum absolute atomic E-state index is 0.0411. The van der Waals surface area contributed by atoms with Gasteiger partial charge in [0.2, 0.25) is 0 Å². The Morgan fingerprint density at radius 1 is 1.24 bits per heavy atom. The van der Waals surface area contributed by atoms with Gasteiger partial charge in [0.1, 0.15) is 5.69 Å². The van der Waals surface area contributed by atoms with Crippen molar-refractivity contribution in [2.24, 2.45) is 0 Å². The van der Waals surface area contributed by atoms with Gasteiger partial charge in [-0.1, -0.05) is 18.2 Å². The highest BCUT2D eigenvalue weighted by molar-refractivity contribution is 14.1. The number of nitro benzene ring substituents is 1. The van der Waals surface area contributed by atoms with E-state index in [0.29, 0.717) is 3.57 Å². The normalized spacial score (nSPS) is 12.4. The predicted octanol–water partition coefficient (Wildman–Crippen LogP) is 5.27. The van der Waals surface area contributed by atoms with Crippen LogP contribution < -0.4 is 5.32 Å². The number of carboxylic acid groups (broad SMARTS) is 1. The number of halogens is 1. The Morgan fingerprint density at radius 3 is 2.41 bits per heavy atom. The van der Waals surface area contributed by atoms with Crippen LogP contribution in [0.4, 0.5) is 11.4 Å². The average Bonchev–Trinajstić information content (AvgIpc) is 2.67. The number of nitrogens with one attached hydrogen (secondary N) is 1. The van der Waals surface area contributed by atoms with Crippen molar-refractivity contribution in [3.63, 3.8) is 0 Å². The van der Waals surface area contributed by atoms with E-state index >= 15 is 0 Å². The standard InChI is InChI=1S/C18H20IN2O7P/c1-3-27-29(26,28-4-2)17(13-7-5-6-8-14(13)18(22)23)20-15-10-9-12(19)11-16(15)21(24)25/h5-11,17,20H,3-4H2,1-2H3,(H,22,23). The number of carboxylic acids is 1. The topological polar surface area (TPSA) is 128 Å². The van der Waals surface area contributed by atoms with Crippen LogP contribution in [0.2, 0.25) is 0 Å². The van der Waals surface area contributed by atoms with Gasteiger partial charge in [0.05, 0.1) is 23.7 Å². The SMILES string of the molecule is CCOP(=O)(OCC)C(Nc1ccc(I)cc1[N+](=O)[O-])c1ccccc1C(=O)O. The monoisotopic (exact) mass is 534 g/mol. The van der Waals surface area contributed by atoms with Crippen molar-refractivity contribution in [3.05, 3.63) is 67.3 Å². The van der Waals surface area contributed by atoms with E-state index < -0.39 is 24.3 Å². The minimum Gasteiger partial charge on any atom is -0.478 e. The van der Waals surface area contributed by atoms with Crippen molar-refractivity contribution in [2.75, 3.05) is 18.5 Å². The summed E-state index contributed by atoms with van der Waals surface area (Å²) in [6.07, 6.45) is 0. The fourth-order valence-electron chi connectivity index (χ4n) is 2.73. The smallest absolute Gasteiger partial charge is 0.357 e. The van der Waals surface area contributed by atoms with Gasteiger partial charge in [-0.25, -0.2) is 4.79 Å². The molecule has 2 N–H and O–H groups in total. The zero-order valence-corrected chi connectivity index (χ0v) is 18.8. The van der Waals surface area contributed by atoms with E-state index in [9.17, 15) is 24.6 Å². The minimum atomic E-state index is -3.94. The summed E-state index contributed by atoms with van der Waals surface area (Å²) in [5, 5.41) is 23.9. The zero-order chi connectivity index (χ0) is 21.6. The highest BCUT2D eigenvalue weighted by Crippen LogP contribution is 2.61. The Kier molecular flexibility index (Phi) is 8.14. The number of benzene rings is 2. The first-order valence-corrected chi connectivity index (χ1v) is 11.3. The summed E-state index contributed by atoms with van der Waals surface area (Å²) in [6.45, 7) is 3.33. The molecule has 2 aromatic rings. The van der Waals surface area contributed by atoms with Gasteiger partial charge in [0.15, 0.2) is 5.78 Å². The van der Waals surface area contributed by atoms with Crippen LogP contribution >= 0.6 is 30.2 Å². The molecular weight excluding hydrogens is 514 g/mol. The van der Waals surface area contributed by atoms with Crippen LogP contribution in [0.5, 0.6) is 0 Å². The van der Waals surface area contributed by atoms with Gasteiger partial charge in [0, 0.05) is 15.2 Å². The third kappa shape index (κ3) is 5.53. The number of hydrogen-bond donors (Lipinski definition) is 2. The molecule has 0 aliphatic heterocycles. The fourth-order valence-corrected chi connectivity index (χ4v) is 5.16. The van der Waals surface area contributed by atoms with E-state index in [1.807, 2.05) is 22.6 Å². The summed E-state index contributed by atoms with van der Waals surface area (Å²) in [5.74, 6) is -2.50. The molecule has 0 fully saturated rings. The summed E-state index contributed by atoms with van der Waals surface area (Å²) < 4.78 is 25.1. The van der Waals surface area contributed by atoms with Crippen LogP contribution in [0.15, 0.2) is 42.5 Å². The van der Waals surface area contributed by atoms with E-state index in [0.717, 1.165) is 0 Å². The molecule has 0 amide bonds. The molecule has 156 valence electrons. The molecule has 0 radical (unpaired) electrons. The van der Waals surface area contributed by atoms with Crippen LogP contribution in [0, 0.1) is 13.7 Å². The van der Waals surface area contributed by atoms with Crippen molar-refractivity contribution in [3.8, 4) is 0 Å². The molecule has 0 saturated carbocycles. The van der Waals surface area contributed by atoms with E-state index in [2.05, 4.69) is 5.32 Å². The van der Waals surface area contributed by atoms with E-state index in [-0.39, 0.29) is 35.7 Å². The first kappa shape index (κ1) is 23.3.